The Hall–Kier alpha value is -1.35. The fourth-order valence-electron chi connectivity index (χ4n) is 2.41. The van der Waals surface area contributed by atoms with Gasteiger partial charge >= 0.3 is 0 Å². The van der Waals surface area contributed by atoms with Gasteiger partial charge in [0.15, 0.2) is 0 Å². The van der Waals surface area contributed by atoms with E-state index >= 15 is 0 Å². The third-order valence-electron chi connectivity index (χ3n) is 3.22. The summed E-state index contributed by atoms with van der Waals surface area (Å²) in [6.07, 6.45) is 1.00. The van der Waals surface area contributed by atoms with Crippen LogP contribution in [0.25, 0.3) is 0 Å². The Labute approximate surface area is 96.7 Å². The van der Waals surface area contributed by atoms with E-state index in [2.05, 4.69) is 25.1 Å². The van der Waals surface area contributed by atoms with E-state index in [-0.39, 0.29) is 5.91 Å². The van der Waals surface area contributed by atoms with Gasteiger partial charge in [-0.25, -0.2) is 0 Å². The molecule has 1 unspecified atom stereocenters. The molecule has 0 saturated heterocycles. The van der Waals surface area contributed by atoms with Crippen LogP contribution in [0.3, 0.4) is 0 Å². The molecule has 1 aliphatic heterocycles. The predicted octanol–water partition coefficient (Wildman–Crippen LogP) is 2.05. The maximum atomic E-state index is 11.6. The molecule has 1 atom stereocenters. The highest BCUT2D eigenvalue weighted by molar-refractivity contribution is 5.92. The Morgan fingerprint density at radius 2 is 2.06 bits per heavy atom. The van der Waals surface area contributed by atoms with Gasteiger partial charge in [0, 0.05) is 25.2 Å². The standard InChI is InChI=1S/C13H18N2O/c1-10(16)15-9-8-12(14(2)3)11-6-4-5-7-13(11)15/h4-7,12H,8-9H2,1-3H3. The van der Waals surface area contributed by atoms with Gasteiger partial charge in [0.1, 0.15) is 0 Å². The zero-order chi connectivity index (χ0) is 11.7. The van der Waals surface area contributed by atoms with Gasteiger partial charge in [-0.1, -0.05) is 18.2 Å². The van der Waals surface area contributed by atoms with Gasteiger partial charge in [-0.05, 0) is 32.1 Å². The smallest absolute Gasteiger partial charge is 0.223 e. The molecule has 0 aromatic heterocycles. The van der Waals surface area contributed by atoms with Crippen LogP contribution >= 0.6 is 0 Å². The van der Waals surface area contributed by atoms with Crippen molar-refractivity contribution in [2.45, 2.75) is 19.4 Å². The molecule has 1 aromatic carbocycles. The van der Waals surface area contributed by atoms with Gasteiger partial charge in [-0.15, -0.1) is 0 Å². The highest BCUT2D eigenvalue weighted by Crippen LogP contribution is 2.35. The second-order valence-electron chi connectivity index (χ2n) is 4.50. The maximum absolute atomic E-state index is 11.6. The molecule has 1 heterocycles. The monoisotopic (exact) mass is 218 g/mol. The van der Waals surface area contributed by atoms with Crippen molar-refractivity contribution in [3.05, 3.63) is 29.8 Å². The van der Waals surface area contributed by atoms with E-state index < -0.39 is 0 Å². The second kappa shape index (κ2) is 4.26. The largest absolute Gasteiger partial charge is 0.312 e. The van der Waals surface area contributed by atoms with Crippen molar-refractivity contribution in [3.8, 4) is 0 Å². The molecule has 0 bridgehead atoms. The number of anilines is 1. The molecule has 1 aromatic rings. The first-order valence-electron chi connectivity index (χ1n) is 5.64. The number of fused-ring (bicyclic) bond motifs is 1. The summed E-state index contributed by atoms with van der Waals surface area (Å²) in [4.78, 5) is 15.6. The fourth-order valence-corrected chi connectivity index (χ4v) is 2.41. The molecule has 0 radical (unpaired) electrons. The van der Waals surface area contributed by atoms with Crippen LogP contribution in [0.4, 0.5) is 5.69 Å². The minimum absolute atomic E-state index is 0.129. The van der Waals surface area contributed by atoms with E-state index in [9.17, 15) is 4.79 Å². The topological polar surface area (TPSA) is 23.6 Å². The molecule has 16 heavy (non-hydrogen) atoms. The molecule has 1 aliphatic rings. The third-order valence-corrected chi connectivity index (χ3v) is 3.22. The molecule has 3 nitrogen and oxygen atoms in total. The summed E-state index contributed by atoms with van der Waals surface area (Å²) in [7, 11) is 4.18. The summed E-state index contributed by atoms with van der Waals surface area (Å²) in [5.74, 6) is 0.129. The highest BCUT2D eigenvalue weighted by Gasteiger charge is 2.27. The summed E-state index contributed by atoms with van der Waals surface area (Å²) in [6.45, 7) is 2.45. The Balaban J connectivity index is 2.44. The van der Waals surface area contributed by atoms with Crippen molar-refractivity contribution >= 4 is 11.6 Å². The van der Waals surface area contributed by atoms with E-state index in [1.165, 1.54) is 5.56 Å². The lowest BCUT2D eigenvalue weighted by Gasteiger charge is -2.36. The van der Waals surface area contributed by atoms with Crippen molar-refractivity contribution < 1.29 is 4.79 Å². The van der Waals surface area contributed by atoms with Crippen LogP contribution in [0.15, 0.2) is 24.3 Å². The number of amides is 1. The zero-order valence-corrected chi connectivity index (χ0v) is 10.1. The van der Waals surface area contributed by atoms with Crippen LogP contribution in [0.2, 0.25) is 0 Å². The molecule has 0 saturated carbocycles. The zero-order valence-electron chi connectivity index (χ0n) is 10.1. The van der Waals surface area contributed by atoms with Crippen LogP contribution in [0.1, 0.15) is 24.9 Å². The fraction of sp³-hybridized carbons (Fsp3) is 0.462. The van der Waals surface area contributed by atoms with Crippen molar-refractivity contribution in [2.75, 3.05) is 25.5 Å². The van der Waals surface area contributed by atoms with Gasteiger partial charge in [-0.2, -0.15) is 0 Å². The van der Waals surface area contributed by atoms with Gasteiger partial charge < -0.3 is 9.80 Å². The predicted molar refractivity (Wildman–Crippen MR) is 65.5 cm³/mol. The number of nitrogens with zero attached hydrogens (tertiary/aromatic N) is 2. The normalized spacial score (nSPS) is 19.8. The average Bonchev–Trinajstić information content (AvgIpc) is 2.27. The van der Waals surface area contributed by atoms with Crippen LogP contribution in [-0.4, -0.2) is 31.4 Å². The van der Waals surface area contributed by atoms with E-state index in [0.717, 1.165) is 18.7 Å². The van der Waals surface area contributed by atoms with Gasteiger partial charge in [0.05, 0.1) is 0 Å². The number of hydrogen-bond acceptors (Lipinski definition) is 2. The minimum atomic E-state index is 0.129. The minimum Gasteiger partial charge on any atom is -0.312 e. The van der Waals surface area contributed by atoms with Crippen LogP contribution in [-0.2, 0) is 4.79 Å². The first kappa shape index (κ1) is 11.1. The molecule has 0 N–H and O–H groups in total. The molecule has 2 rings (SSSR count). The molecule has 0 fully saturated rings. The molecular weight excluding hydrogens is 200 g/mol. The first-order chi connectivity index (χ1) is 7.61. The van der Waals surface area contributed by atoms with E-state index in [4.69, 9.17) is 0 Å². The Morgan fingerprint density at radius 1 is 1.38 bits per heavy atom. The number of hydrogen-bond donors (Lipinski definition) is 0. The number of carbonyl (C=O) groups is 1. The SMILES string of the molecule is CC(=O)N1CCC(N(C)C)c2ccccc21. The molecule has 1 amide bonds. The molecular formula is C13H18N2O. The van der Waals surface area contributed by atoms with Crippen LogP contribution in [0.5, 0.6) is 0 Å². The Kier molecular flexibility index (Phi) is 2.97. The lowest BCUT2D eigenvalue weighted by atomic mass is 9.95. The van der Waals surface area contributed by atoms with Crippen molar-refractivity contribution in [3.63, 3.8) is 0 Å². The van der Waals surface area contributed by atoms with Crippen molar-refractivity contribution in [2.24, 2.45) is 0 Å². The summed E-state index contributed by atoms with van der Waals surface area (Å²) in [5, 5.41) is 0. The molecule has 0 aliphatic carbocycles. The second-order valence-corrected chi connectivity index (χ2v) is 4.50. The van der Waals surface area contributed by atoms with Gasteiger partial charge in [0.2, 0.25) is 5.91 Å². The quantitative estimate of drug-likeness (QED) is 0.720. The van der Waals surface area contributed by atoms with E-state index in [1.54, 1.807) is 6.92 Å². The number of rotatable bonds is 1. The number of para-hydroxylation sites is 1. The maximum Gasteiger partial charge on any atom is 0.223 e. The Morgan fingerprint density at radius 3 is 2.69 bits per heavy atom. The highest BCUT2D eigenvalue weighted by atomic mass is 16.2. The molecule has 3 heteroatoms. The van der Waals surface area contributed by atoms with E-state index in [0.29, 0.717) is 6.04 Å². The van der Waals surface area contributed by atoms with Gasteiger partial charge in [-0.3, -0.25) is 4.79 Å². The molecule has 86 valence electrons. The van der Waals surface area contributed by atoms with Gasteiger partial charge in [0.25, 0.3) is 0 Å². The number of benzene rings is 1. The lowest BCUT2D eigenvalue weighted by molar-refractivity contribution is -0.116. The summed E-state index contributed by atoms with van der Waals surface area (Å²) in [6, 6.07) is 8.61. The summed E-state index contributed by atoms with van der Waals surface area (Å²) >= 11 is 0. The van der Waals surface area contributed by atoms with Crippen LogP contribution < -0.4 is 4.90 Å². The first-order valence-corrected chi connectivity index (χ1v) is 5.64. The molecule has 0 spiro atoms. The Bertz CT molecular complexity index is 401. The summed E-state index contributed by atoms with van der Waals surface area (Å²) in [5.41, 5.74) is 2.33. The average molecular weight is 218 g/mol. The summed E-state index contributed by atoms with van der Waals surface area (Å²) < 4.78 is 0. The van der Waals surface area contributed by atoms with Crippen molar-refractivity contribution in [1.82, 2.24) is 4.90 Å². The number of carbonyl (C=O) groups excluding carboxylic acids is 1. The van der Waals surface area contributed by atoms with Crippen molar-refractivity contribution in [1.29, 1.82) is 0 Å². The lowest BCUT2D eigenvalue weighted by Crippen LogP contribution is -2.38. The van der Waals surface area contributed by atoms with E-state index in [1.807, 2.05) is 23.1 Å². The van der Waals surface area contributed by atoms with Crippen LogP contribution in [0, 0.1) is 0 Å². The third kappa shape index (κ3) is 1.83.